The van der Waals surface area contributed by atoms with Gasteiger partial charge in [0.15, 0.2) is 11.5 Å². The molecule has 7 nitrogen and oxygen atoms in total. The molecule has 0 aromatic heterocycles. The molecule has 1 fully saturated rings. The van der Waals surface area contributed by atoms with Crippen LogP contribution < -0.4 is 19.5 Å². The molecule has 0 spiro atoms. The number of methoxy groups -OCH3 is 3. The third-order valence-electron chi connectivity index (χ3n) is 5.72. The molecule has 1 N–H and O–H groups in total. The summed E-state index contributed by atoms with van der Waals surface area (Å²) in [5.74, 6) is 0.846. The standard InChI is InChI=1S/C24H30N2O5/c1-15-8-6-9-16(2)26(15)24(28)17-10-7-11-19(12-17)25-23(27)18-13-20(29-3)22(31-5)21(14-18)30-4/h7,10-16H,6,8-9H2,1-5H3,(H,25,27)/t15-,16-/m1/s1. The second kappa shape index (κ2) is 9.73. The number of nitrogens with zero attached hydrogens (tertiary/aromatic N) is 1. The van der Waals surface area contributed by atoms with Crippen molar-refractivity contribution >= 4 is 17.5 Å². The summed E-state index contributed by atoms with van der Waals surface area (Å²) in [6.07, 6.45) is 3.15. The number of anilines is 1. The molecular weight excluding hydrogens is 396 g/mol. The van der Waals surface area contributed by atoms with E-state index in [0.29, 0.717) is 34.1 Å². The lowest BCUT2D eigenvalue weighted by molar-refractivity contribution is 0.0510. The lowest BCUT2D eigenvalue weighted by Crippen LogP contribution is -2.47. The number of carbonyl (C=O) groups excluding carboxylic acids is 2. The van der Waals surface area contributed by atoms with Crippen molar-refractivity contribution in [3.8, 4) is 17.2 Å². The van der Waals surface area contributed by atoms with Crippen LogP contribution in [0.25, 0.3) is 0 Å². The van der Waals surface area contributed by atoms with Crippen LogP contribution in [-0.4, -0.2) is 50.1 Å². The molecule has 2 aromatic carbocycles. The maximum atomic E-state index is 13.1. The van der Waals surface area contributed by atoms with Crippen LogP contribution in [0.3, 0.4) is 0 Å². The number of benzene rings is 2. The fourth-order valence-corrected chi connectivity index (χ4v) is 4.12. The van der Waals surface area contributed by atoms with Gasteiger partial charge >= 0.3 is 0 Å². The first-order valence-electron chi connectivity index (χ1n) is 10.4. The molecule has 2 atom stereocenters. The Labute approximate surface area is 183 Å². The van der Waals surface area contributed by atoms with Gasteiger partial charge in [0, 0.05) is 28.9 Å². The summed E-state index contributed by atoms with van der Waals surface area (Å²) in [6.45, 7) is 4.17. The van der Waals surface area contributed by atoms with E-state index in [0.717, 1.165) is 19.3 Å². The number of likely N-dealkylation sites (tertiary alicyclic amines) is 1. The van der Waals surface area contributed by atoms with Crippen molar-refractivity contribution in [3.63, 3.8) is 0 Å². The summed E-state index contributed by atoms with van der Waals surface area (Å²) in [7, 11) is 4.50. The summed E-state index contributed by atoms with van der Waals surface area (Å²) >= 11 is 0. The molecule has 1 aliphatic rings. The van der Waals surface area contributed by atoms with E-state index < -0.39 is 0 Å². The zero-order valence-corrected chi connectivity index (χ0v) is 18.7. The first-order chi connectivity index (χ1) is 14.9. The van der Waals surface area contributed by atoms with Crippen LogP contribution >= 0.6 is 0 Å². The van der Waals surface area contributed by atoms with Crippen LogP contribution in [0.4, 0.5) is 5.69 Å². The van der Waals surface area contributed by atoms with Gasteiger partial charge in [0.2, 0.25) is 5.75 Å². The van der Waals surface area contributed by atoms with E-state index in [1.54, 1.807) is 36.4 Å². The van der Waals surface area contributed by atoms with E-state index in [1.807, 2.05) is 4.90 Å². The Morgan fingerprint density at radius 2 is 1.52 bits per heavy atom. The summed E-state index contributed by atoms with van der Waals surface area (Å²) < 4.78 is 15.9. The third-order valence-corrected chi connectivity index (χ3v) is 5.72. The lowest BCUT2D eigenvalue weighted by atomic mass is 9.96. The Morgan fingerprint density at radius 1 is 0.903 bits per heavy atom. The minimum Gasteiger partial charge on any atom is -0.493 e. The van der Waals surface area contributed by atoms with Gasteiger partial charge in [0.05, 0.1) is 21.3 Å². The van der Waals surface area contributed by atoms with E-state index in [9.17, 15) is 9.59 Å². The van der Waals surface area contributed by atoms with Crippen molar-refractivity contribution in [3.05, 3.63) is 47.5 Å². The van der Waals surface area contributed by atoms with Crippen molar-refractivity contribution < 1.29 is 23.8 Å². The average molecular weight is 427 g/mol. The highest BCUT2D eigenvalue weighted by Gasteiger charge is 2.29. The van der Waals surface area contributed by atoms with E-state index in [4.69, 9.17) is 14.2 Å². The highest BCUT2D eigenvalue weighted by atomic mass is 16.5. The van der Waals surface area contributed by atoms with Gasteiger partial charge in [-0.2, -0.15) is 0 Å². The Hall–Kier alpha value is -3.22. The number of carbonyl (C=O) groups is 2. The van der Waals surface area contributed by atoms with Gasteiger partial charge in [-0.25, -0.2) is 0 Å². The molecule has 1 saturated heterocycles. The largest absolute Gasteiger partial charge is 0.493 e. The first-order valence-corrected chi connectivity index (χ1v) is 10.4. The van der Waals surface area contributed by atoms with Gasteiger partial charge < -0.3 is 24.4 Å². The van der Waals surface area contributed by atoms with E-state index >= 15 is 0 Å². The number of piperidine rings is 1. The molecule has 2 amide bonds. The second-order valence-electron chi connectivity index (χ2n) is 7.79. The molecule has 0 aliphatic carbocycles. The van der Waals surface area contributed by atoms with Crippen LogP contribution in [0.1, 0.15) is 53.8 Å². The second-order valence-corrected chi connectivity index (χ2v) is 7.79. The molecule has 0 radical (unpaired) electrons. The lowest BCUT2D eigenvalue weighted by Gasteiger charge is -2.39. The molecular formula is C24H30N2O5. The normalized spacial score (nSPS) is 18.3. The molecule has 31 heavy (non-hydrogen) atoms. The number of hydrogen-bond donors (Lipinski definition) is 1. The molecule has 3 rings (SSSR count). The highest BCUT2D eigenvalue weighted by molar-refractivity contribution is 6.06. The maximum absolute atomic E-state index is 13.1. The molecule has 166 valence electrons. The van der Waals surface area contributed by atoms with Crippen LogP contribution in [0.15, 0.2) is 36.4 Å². The molecule has 1 aliphatic heterocycles. The minimum absolute atomic E-state index is 0.0106. The predicted octanol–water partition coefficient (Wildman–Crippen LogP) is 4.37. The quantitative estimate of drug-likeness (QED) is 0.742. The number of rotatable bonds is 6. The van der Waals surface area contributed by atoms with Gasteiger partial charge in [-0.1, -0.05) is 6.07 Å². The Morgan fingerprint density at radius 3 is 2.06 bits per heavy atom. The summed E-state index contributed by atoms with van der Waals surface area (Å²) in [5, 5.41) is 2.86. The molecule has 7 heteroatoms. The van der Waals surface area contributed by atoms with Gasteiger partial charge in [0.25, 0.3) is 11.8 Å². The Bertz CT molecular complexity index is 924. The average Bonchev–Trinajstić information content (AvgIpc) is 2.77. The fourth-order valence-electron chi connectivity index (χ4n) is 4.12. The van der Waals surface area contributed by atoms with Gasteiger partial charge in [-0.05, 0) is 63.4 Å². The number of hydrogen-bond acceptors (Lipinski definition) is 5. The van der Waals surface area contributed by atoms with Crippen LogP contribution in [0, 0.1) is 0 Å². The van der Waals surface area contributed by atoms with Crippen LogP contribution in [0.5, 0.6) is 17.2 Å². The van der Waals surface area contributed by atoms with Gasteiger partial charge in [-0.3, -0.25) is 9.59 Å². The molecule has 0 bridgehead atoms. The third kappa shape index (κ3) is 4.76. The number of amides is 2. The summed E-state index contributed by atoms with van der Waals surface area (Å²) in [4.78, 5) is 28.0. The van der Waals surface area contributed by atoms with Crippen molar-refractivity contribution in [2.75, 3.05) is 26.6 Å². The zero-order chi connectivity index (χ0) is 22.5. The van der Waals surface area contributed by atoms with Crippen molar-refractivity contribution in [1.29, 1.82) is 0 Å². The first kappa shape index (κ1) is 22.5. The zero-order valence-electron chi connectivity index (χ0n) is 18.7. The minimum atomic E-state index is -0.344. The van der Waals surface area contributed by atoms with E-state index in [2.05, 4.69) is 19.2 Å². The van der Waals surface area contributed by atoms with Crippen LogP contribution in [-0.2, 0) is 0 Å². The molecule has 1 heterocycles. The smallest absolute Gasteiger partial charge is 0.255 e. The SMILES string of the molecule is COc1cc(C(=O)Nc2cccc(C(=O)N3[C@H](C)CCC[C@H]3C)c2)cc(OC)c1OC. The van der Waals surface area contributed by atoms with E-state index in [-0.39, 0.29) is 23.9 Å². The van der Waals surface area contributed by atoms with Gasteiger partial charge in [0.1, 0.15) is 0 Å². The molecule has 0 saturated carbocycles. The highest BCUT2D eigenvalue weighted by Crippen LogP contribution is 2.38. The fraction of sp³-hybridized carbons (Fsp3) is 0.417. The summed E-state index contributed by atoms with van der Waals surface area (Å²) in [5.41, 5.74) is 1.45. The predicted molar refractivity (Wildman–Crippen MR) is 119 cm³/mol. The number of ether oxygens (including phenoxy) is 3. The number of nitrogens with one attached hydrogen (secondary N) is 1. The Balaban J connectivity index is 1.82. The van der Waals surface area contributed by atoms with Crippen molar-refractivity contribution in [1.82, 2.24) is 4.90 Å². The Kier molecular flexibility index (Phi) is 7.05. The molecule has 0 unspecified atom stereocenters. The molecule has 2 aromatic rings. The van der Waals surface area contributed by atoms with Gasteiger partial charge in [-0.15, -0.1) is 0 Å². The maximum Gasteiger partial charge on any atom is 0.255 e. The monoisotopic (exact) mass is 426 g/mol. The summed E-state index contributed by atoms with van der Waals surface area (Å²) in [6, 6.07) is 10.6. The van der Waals surface area contributed by atoms with Crippen molar-refractivity contribution in [2.24, 2.45) is 0 Å². The van der Waals surface area contributed by atoms with Crippen molar-refractivity contribution in [2.45, 2.75) is 45.2 Å². The topological polar surface area (TPSA) is 77.1 Å². The van der Waals surface area contributed by atoms with Crippen LogP contribution in [0.2, 0.25) is 0 Å². The van der Waals surface area contributed by atoms with E-state index in [1.165, 1.54) is 21.3 Å².